The summed E-state index contributed by atoms with van der Waals surface area (Å²) >= 11 is 0. The molecule has 0 saturated heterocycles. The van der Waals surface area contributed by atoms with E-state index >= 15 is 0 Å². The molecule has 1 rings (SSSR count). The Morgan fingerprint density at radius 1 is 1.11 bits per heavy atom. The molecule has 0 aliphatic carbocycles. The molecule has 0 aliphatic rings. The van der Waals surface area contributed by atoms with Crippen molar-refractivity contribution in [2.75, 3.05) is 19.8 Å². The first-order valence-electron chi connectivity index (χ1n) is 5.57. The van der Waals surface area contributed by atoms with E-state index in [-0.39, 0.29) is 19.8 Å². The molecule has 0 saturated carbocycles. The van der Waals surface area contributed by atoms with E-state index in [2.05, 4.69) is 0 Å². The minimum Gasteiger partial charge on any atom is -0.491 e. The molecule has 18 heavy (non-hydrogen) atoms. The summed E-state index contributed by atoms with van der Waals surface area (Å²) < 4.78 is 45.5. The lowest BCUT2D eigenvalue weighted by Gasteiger charge is -2.09. The van der Waals surface area contributed by atoms with Crippen LogP contribution in [-0.2, 0) is 11.3 Å². The maximum atomic E-state index is 11.8. The van der Waals surface area contributed by atoms with Crippen molar-refractivity contribution in [3.8, 4) is 5.75 Å². The van der Waals surface area contributed by atoms with E-state index in [0.717, 1.165) is 5.56 Å². The minimum atomic E-state index is -4.17. The van der Waals surface area contributed by atoms with Crippen molar-refractivity contribution in [3.05, 3.63) is 29.8 Å². The summed E-state index contributed by atoms with van der Waals surface area (Å²) in [6.45, 7) is 0.420. The fourth-order valence-corrected chi connectivity index (χ4v) is 1.27. The van der Waals surface area contributed by atoms with Crippen LogP contribution in [0.5, 0.6) is 5.75 Å². The lowest BCUT2D eigenvalue weighted by Crippen LogP contribution is -2.14. The number of hydrogen-bond donors (Lipinski definition) is 1. The fourth-order valence-electron chi connectivity index (χ4n) is 1.27. The monoisotopic (exact) mass is 263 g/mol. The van der Waals surface area contributed by atoms with Crippen LogP contribution in [0.1, 0.15) is 12.0 Å². The molecule has 0 aliphatic heterocycles. The van der Waals surface area contributed by atoms with Gasteiger partial charge in [-0.1, -0.05) is 12.1 Å². The number of nitrogens with two attached hydrogens (primary N) is 1. The van der Waals surface area contributed by atoms with Crippen molar-refractivity contribution in [3.63, 3.8) is 0 Å². The predicted octanol–water partition coefficient (Wildman–Crippen LogP) is 2.49. The summed E-state index contributed by atoms with van der Waals surface area (Å²) in [5.74, 6) is 0.636. The van der Waals surface area contributed by atoms with Crippen molar-refractivity contribution in [2.24, 2.45) is 5.73 Å². The Labute approximate surface area is 104 Å². The molecule has 102 valence electrons. The smallest absolute Gasteiger partial charge is 0.391 e. The Hall–Kier alpha value is -1.27. The Morgan fingerprint density at radius 2 is 1.89 bits per heavy atom. The summed E-state index contributed by atoms with van der Waals surface area (Å²) in [4.78, 5) is 0. The maximum Gasteiger partial charge on any atom is 0.391 e. The largest absolute Gasteiger partial charge is 0.491 e. The first-order chi connectivity index (χ1) is 8.51. The highest BCUT2D eigenvalue weighted by Crippen LogP contribution is 2.19. The van der Waals surface area contributed by atoms with Crippen LogP contribution in [0, 0.1) is 0 Å². The van der Waals surface area contributed by atoms with Gasteiger partial charge in [-0.05, 0) is 17.7 Å². The van der Waals surface area contributed by atoms with E-state index in [1.165, 1.54) is 0 Å². The van der Waals surface area contributed by atoms with E-state index in [9.17, 15) is 13.2 Å². The van der Waals surface area contributed by atoms with Gasteiger partial charge in [-0.15, -0.1) is 0 Å². The molecular formula is C12H16F3NO2. The molecule has 0 spiro atoms. The molecule has 0 fully saturated rings. The number of hydrogen-bond acceptors (Lipinski definition) is 3. The molecule has 0 heterocycles. The standard InChI is InChI=1S/C12H16F3NO2/c13-12(14,15)4-5-17-6-7-18-11-3-1-2-10(8-11)9-16/h1-3,8H,4-7,9,16H2. The molecule has 3 nitrogen and oxygen atoms in total. The zero-order valence-corrected chi connectivity index (χ0v) is 9.87. The molecule has 0 aromatic heterocycles. The van der Waals surface area contributed by atoms with Gasteiger partial charge in [0.2, 0.25) is 0 Å². The van der Waals surface area contributed by atoms with Gasteiger partial charge in [0.1, 0.15) is 12.4 Å². The van der Waals surface area contributed by atoms with E-state index < -0.39 is 12.6 Å². The molecule has 0 amide bonds. The van der Waals surface area contributed by atoms with Gasteiger partial charge in [0.25, 0.3) is 0 Å². The van der Waals surface area contributed by atoms with Crippen LogP contribution in [0.2, 0.25) is 0 Å². The van der Waals surface area contributed by atoms with Crippen molar-refractivity contribution in [1.82, 2.24) is 0 Å². The predicted molar refractivity (Wildman–Crippen MR) is 61.3 cm³/mol. The first-order valence-corrected chi connectivity index (χ1v) is 5.57. The van der Waals surface area contributed by atoms with Gasteiger partial charge in [0, 0.05) is 6.54 Å². The third-order valence-electron chi connectivity index (χ3n) is 2.16. The quantitative estimate of drug-likeness (QED) is 0.769. The second kappa shape index (κ2) is 7.23. The van der Waals surface area contributed by atoms with Crippen molar-refractivity contribution < 1.29 is 22.6 Å². The van der Waals surface area contributed by atoms with Crippen molar-refractivity contribution in [2.45, 2.75) is 19.1 Å². The number of halogens is 3. The first kappa shape index (κ1) is 14.8. The maximum absolute atomic E-state index is 11.8. The van der Waals surface area contributed by atoms with E-state index in [1.54, 1.807) is 12.1 Å². The highest BCUT2D eigenvalue weighted by Gasteiger charge is 2.26. The van der Waals surface area contributed by atoms with Crippen LogP contribution in [0.15, 0.2) is 24.3 Å². The number of ether oxygens (including phenoxy) is 2. The normalized spacial score (nSPS) is 11.6. The third kappa shape index (κ3) is 6.46. The zero-order chi connectivity index (χ0) is 13.4. The van der Waals surface area contributed by atoms with Crippen LogP contribution in [0.4, 0.5) is 13.2 Å². The van der Waals surface area contributed by atoms with Gasteiger partial charge in [-0.25, -0.2) is 0 Å². The third-order valence-corrected chi connectivity index (χ3v) is 2.16. The van der Waals surface area contributed by atoms with Gasteiger partial charge in [-0.3, -0.25) is 0 Å². The highest BCUT2D eigenvalue weighted by molar-refractivity contribution is 5.28. The van der Waals surface area contributed by atoms with Gasteiger partial charge in [0.15, 0.2) is 0 Å². The zero-order valence-electron chi connectivity index (χ0n) is 9.87. The molecule has 0 radical (unpaired) electrons. The second-order valence-electron chi connectivity index (χ2n) is 3.68. The van der Waals surface area contributed by atoms with E-state index in [0.29, 0.717) is 12.3 Å². The Bertz CT molecular complexity index is 355. The lowest BCUT2D eigenvalue weighted by molar-refractivity contribution is -0.145. The number of rotatable bonds is 7. The lowest BCUT2D eigenvalue weighted by atomic mass is 10.2. The van der Waals surface area contributed by atoms with Gasteiger partial charge in [-0.2, -0.15) is 13.2 Å². The fraction of sp³-hybridized carbons (Fsp3) is 0.500. The molecular weight excluding hydrogens is 247 g/mol. The summed E-state index contributed by atoms with van der Waals surface area (Å²) in [6, 6.07) is 7.22. The Kier molecular flexibility index (Phi) is 5.94. The summed E-state index contributed by atoms with van der Waals surface area (Å²) in [6.07, 6.45) is -5.11. The van der Waals surface area contributed by atoms with E-state index in [1.807, 2.05) is 12.1 Å². The second-order valence-corrected chi connectivity index (χ2v) is 3.68. The number of benzene rings is 1. The molecule has 1 aromatic carbocycles. The Balaban J connectivity index is 2.14. The van der Waals surface area contributed by atoms with Crippen molar-refractivity contribution >= 4 is 0 Å². The molecule has 0 unspecified atom stereocenters. The Morgan fingerprint density at radius 3 is 2.56 bits per heavy atom. The summed E-state index contributed by atoms with van der Waals surface area (Å²) in [5, 5.41) is 0. The van der Waals surface area contributed by atoms with Crippen LogP contribution in [0.25, 0.3) is 0 Å². The SMILES string of the molecule is NCc1cccc(OCCOCCC(F)(F)F)c1. The van der Waals surface area contributed by atoms with Gasteiger partial charge in [0.05, 0.1) is 19.6 Å². The van der Waals surface area contributed by atoms with Crippen LogP contribution in [-0.4, -0.2) is 26.0 Å². The molecule has 0 bridgehead atoms. The van der Waals surface area contributed by atoms with Crippen LogP contribution >= 0.6 is 0 Å². The topological polar surface area (TPSA) is 44.5 Å². The molecule has 6 heteroatoms. The van der Waals surface area contributed by atoms with Gasteiger partial charge < -0.3 is 15.2 Å². The molecule has 2 N–H and O–H groups in total. The molecule has 1 aromatic rings. The van der Waals surface area contributed by atoms with Crippen molar-refractivity contribution in [1.29, 1.82) is 0 Å². The summed E-state index contributed by atoms with van der Waals surface area (Å²) in [7, 11) is 0. The van der Waals surface area contributed by atoms with Crippen LogP contribution < -0.4 is 10.5 Å². The van der Waals surface area contributed by atoms with Crippen LogP contribution in [0.3, 0.4) is 0 Å². The average Bonchev–Trinajstić information content (AvgIpc) is 2.32. The number of alkyl halides is 3. The molecule has 0 atom stereocenters. The minimum absolute atomic E-state index is 0.128. The average molecular weight is 263 g/mol. The highest BCUT2D eigenvalue weighted by atomic mass is 19.4. The van der Waals surface area contributed by atoms with E-state index in [4.69, 9.17) is 15.2 Å². The van der Waals surface area contributed by atoms with Gasteiger partial charge >= 0.3 is 6.18 Å². The summed E-state index contributed by atoms with van der Waals surface area (Å²) in [5.41, 5.74) is 6.40.